The van der Waals surface area contributed by atoms with Gasteiger partial charge in [-0.15, -0.1) is 17.4 Å². The standard InChI is InChI=1S/C14H18N4/c1-4-7-8-9-16-14-12(10-15)11(5-2)13(6-3)17-18-14/h1H,5-9H2,2-3H3,(H,16,18). The average Bonchev–Trinajstić information content (AvgIpc) is 2.42. The minimum Gasteiger partial charge on any atom is -0.367 e. The number of anilines is 1. The first-order chi connectivity index (χ1) is 8.78. The molecule has 0 fully saturated rings. The van der Waals surface area contributed by atoms with Crippen LogP contribution < -0.4 is 5.32 Å². The maximum Gasteiger partial charge on any atom is 0.166 e. The number of hydrogen-bond acceptors (Lipinski definition) is 4. The molecule has 0 aromatic carbocycles. The minimum atomic E-state index is 0.573. The molecule has 4 nitrogen and oxygen atoms in total. The first-order valence-corrected chi connectivity index (χ1v) is 6.24. The predicted molar refractivity (Wildman–Crippen MR) is 72.1 cm³/mol. The van der Waals surface area contributed by atoms with Crippen molar-refractivity contribution >= 4 is 5.82 Å². The van der Waals surface area contributed by atoms with Crippen molar-refractivity contribution in [3.63, 3.8) is 0 Å². The van der Waals surface area contributed by atoms with E-state index in [9.17, 15) is 5.26 Å². The zero-order valence-electron chi connectivity index (χ0n) is 11.0. The van der Waals surface area contributed by atoms with Crippen LogP contribution in [0.1, 0.15) is 43.5 Å². The summed E-state index contributed by atoms with van der Waals surface area (Å²) in [6.07, 6.45) is 8.36. The van der Waals surface area contributed by atoms with Crippen LogP contribution in [0, 0.1) is 23.7 Å². The van der Waals surface area contributed by atoms with Gasteiger partial charge < -0.3 is 5.32 Å². The summed E-state index contributed by atoms with van der Waals surface area (Å²) in [5, 5.41) is 20.7. The molecule has 1 rings (SSSR count). The van der Waals surface area contributed by atoms with Crippen LogP contribution in [0.15, 0.2) is 0 Å². The summed E-state index contributed by atoms with van der Waals surface area (Å²) in [7, 11) is 0. The van der Waals surface area contributed by atoms with Crippen molar-refractivity contribution in [2.45, 2.75) is 39.5 Å². The van der Waals surface area contributed by atoms with E-state index in [2.05, 4.69) is 27.5 Å². The predicted octanol–water partition coefficient (Wildman–Crippen LogP) is 2.30. The maximum atomic E-state index is 9.26. The number of hydrogen-bond donors (Lipinski definition) is 1. The van der Waals surface area contributed by atoms with Crippen LogP contribution in [0.3, 0.4) is 0 Å². The zero-order chi connectivity index (χ0) is 13.4. The Balaban J connectivity index is 2.93. The Morgan fingerprint density at radius 2 is 2.06 bits per heavy atom. The van der Waals surface area contributed by atoms with Crippen molar-refractivity contribution in [1.82, 2.24) is 10.2 Å². The molecule has 0 amide bonds. The van der Waals surface area contributed by atoms with Crippen LogP contribution >= 0.6 is 0 Å². The van der Waals surface area contributed by atoms with Gasteiger partial charge in [0.05, 0.1) is 5.69 Å². The molecular weight excluding hydrogens is 224 g/mol. The molecule has 0 bridgehead atoms. The fourth-order valence-corrected chi connectivity index (χ4v) is 1.81. The lowest BCUT2D eigenvalue weighted by atomic mass is 10.0. The highest BCUT2D eigenvalue weighted by Crippen LogP contribution is 2.19. The highest BCUT2D eigenvalue weighted by molar-refractivity contribution is 5.56. The Bertz CT molecular complexity index is 480. The van der Waals surface area contributed by atoms with Crippen molar-refractivity contribution < 1.29 is 0 Å². The summed E-state index contributed by atoms with van der Waals surface area (Å²) in [6.45, 7) is 4.76. The van der Waals surface area contributed by atoms with Crippen molar-refractivity contribution in [1.29, 1.82) is 5.26 Å². The second kappa shape index (κ2) is 7.29. The SMILES string of the molecule is C#CCCCNc1nnc(CC)c(CC)c1C#N. The Morgan fingerprint density at radius 1 is 1.28 bits per heavy atom. The number of terminal acetylenes is 1. The molecule has 4 heteroatoms. The third-order valence-corrected chi connectivity index (χ3v) is 2.75. The highest BCUT2D eigenvalue weighted by atomic mass is 15.2. The molecule has 0 aliphatic carbocycles. The molecule has 0 unspecified atom stereocenters. The smallest absolute Gasteiger partial charge is 0.166 e. The van der Waals surface area contributed by atoms with Crippen molar-refractivity contribution in [3.8, 4) is 18.4 Å². The van der Waals surface area contributed by atoms with Gasteiger partial charge in [-0.25, -0.2) is 0 Å². The highest BCUT2D eigenvalue weighted by Gasteiger charge is 2.13. The fourth-order valence-electron chi connectivity index (χ4n) is 1.81. The van der Waals surface area contributed by atoms with E-state index < -0.39 is 0 Å². The molecule has 1 aromatic rings. The van der Waals surface area contributed by atoms with Gasteiger partial charge in [-0.1, -0.05) is 13.8 Å². The van der Waals surface area contributed by atoms with Crippen LogP contribution in [0.5, 0.6) is 0 Å². The first-order valence-electron chi connectivity index (χ1n) is 6.24. The van der Waals surface area contributed by atoms with E-state index in [1.165, 1.54) is 0 Å². The molecule has 18 heavy (non-hydrogen) atoms. The monoisotopic (exact) mass is 242 g/mol. The Morgan fingerprint density at radius 3 is 2.61 bits per heavy atom. The Kier molecular flexibility index (Phi) is 5.67. The average molecular weight is 242 g/mol. The summed E-state index contributed by atoms with van der Waals surface area (Å²) in [5.74, 6) is 3.16. The molecule has 0 radical (unpaired) electrons. The number of aromatic nitrogens is 2. The summed E-state index contributed by atoms with van der Waals surface area (Å²) >= 11 is 0. The molecular formula is C14H18N4. The number of rotatable bonds is 6. The van der Waals surface area contributed by atoms with Gasteiger partial charge in [0.15, 0.2) is 5.82 Å². The van der Waals surface area contributed by atoms with Gasteiger partial charge in [-0.3, -0.25) is 0 Å². The van der Waals surface area contributed by atoms with E-state index in [4.69, 9.17) is 6.42 Å². The van der Waals surface area contributed by atoms with Crippen molar-refractivity contribution in [3.05, 3.63) is 16.8 Å². The lowest BCUT2D eigenvalue weighted by molar-refractivity contribution is 0.851. The fraction of sp³-hybridized carbons (Fsp3) is 0.500. The van der Waals surface area contributed by atoms with E-state index in [0.717, 1.165) is 36.9 Å². The molecule has 0 spiro atoms. The number of unbranched alkanes of at least 4 members (excludes halogenated alkanes) is 1. The van der Waals surface area contributed by atoms with Gasteiger partial charge in [-0.05, 0) is 24.8 Å². The summed E-state index contributed by atoms with van der Waals surface area (Å²) in [5.41, 5.74) is 2.52. The summed E-state index contributed by atoms with van der Waals surface area (Å²) in [4.78, 5) is 0. The second-order valence-electron chi connectivity index (χ2n) is 3.90. The molecule has 0 aliphatic heterocycles. The van der Waals surface area contributed by atoms with Gasteiger partial charge in [0.1, 0.15) is 11.6 Å². The largest absolute Gasteiger partial charge is 0.367 e. The van der Waals surface area contributed by atoms with Crippen LogP contribution in [0.2, 0.25) is 0 Å². The topological polar surface area (TPSA) is 61.6 Å². The second-order valence-corrected chi connectivity index (χ2v) is 3.90. The van der Waals surface area contributed by atoms with Gasteiger partial charge in [0.25, 0.3) is 0 Å². The third-order valence-electron chi connectivity index (χ3n) is 2.75. The van der Waals surface area contributed by atoms with Crippen molar-refractivity contribution in [2.24, 2.45) is 0 Å². The molecule has 0 saturated heterocycles. The molecule has 0 saturated carbocycles. The third kappa shape index (κ3) is 3.21. The maximum absolute atomic E-state index is 9.26. The molecule has 0 aliphatic rings. The molecule has 94 valence electrons. The summed E-state index contributed by atoms with van der Waals surface area (Å²) < 4.78 is 0. The van der Waals surface area contributed by atoms with Gasteiger partial charge in [0, 0.05) is 13.0 Å². The van der Waals surface area contributed by atoms with Gasteiger partial charge >= 0.3 is 0 Å². The zero-order valence-corrected chi connectivity index (χ0v) is 11.0. The van der Waals surface area contributed by atoms with Crippen molar-refractivity contribution in [2.75, 3.05) is 11.9 Å². The van der Waals surface area contributed by atoms with Gasteiger partial charge in [-0.2, -0.15) is 10.4 Å². The van der Waals surface area contributed by atoms with Crippen LogP contribution in [0.25, 0.3) is 0 Å². The van der Waals surface area contributed by atoms with E-state index in [0.29, 0.717) is 17.9 Å². The molecule has 1 heterocycles. The summed E-state index contributed by atoms with van der Waals surface area (Å²) in [6, 6.07) is 2.23. The first kappa shape index (κ1) is 14.0. The molecule has 1 N–H and O–H groups in total. The quantitative estimate of drug-likeness (QED) is 0.614. The van der Waals surface area contributed by atoms with E-state index >= 15 is 0 Å². The Hall–Kier alpha value is -2.07. The molecule has 1 aromatic heterocycles. The van der Waals surface area contributed by atoms with Crippen LogP contribution in [-0.4, -0.2) is 16.7 Å². The van der Waals surface area contributed by atoms with E-state index in [1.807, 2.05) is 13.8 Å². The number of nitrogens with one attached hydrogen (secondary N) is 1. The number of aryl methyl sites for hydroxylation is 1. The normalized spacial score (nSPS) is 9.56. The lowest BCUT2D eigenvalue weighted by Crippen LogP contribution is -2.10. The van der Waals surface area contributed by atoms with E-state index in [1.54, 1.807) is 0 Å². The molecule has 0 atom stereocenters. The number of nitriles is 1. The van der Waals surface area contributed by atoms with E-state index in [-0.39, 0.29) is 0 Å². The minimum absolute atomic E-state index is 0.573. The number of nitrogens with zero attached hydrogens (tertiary/aromatic N) is 3. The van der Waals surface area contributed by atoms with Crippen LogP contribution in [-0.2, 0) is 12.8 Å². The lowest BCUT2D eigenvalue weighted by Gasteiger charge is -2.11. The van der Waals surface area contributed by atoms with Gasteiger partial charge in [0.2, 0.25) is 0 Å². The van der Waals surface area contributed by atoms with Crippen LogP contribution in [0.4, 0.5) is 5.82 Å². The Labute approximate surface area is 108 Å².